The van der Waals surface area contributed by atoms with Crippen molar-refractivity contribution in [3.63, 3.8) is 0 Å². The average Bonchev–Trinajstić information content (AvgIpc) is 3.25. The van der Waals surface area contributed by atoms with Gasteiger partial charge in [0, 0.05) is 37.2 Å². The Labute approximate surface area is 171 Å². The molecule has 0 bridgehead atoms. The van der Waals surface area contributed by atoms with E-state index in [1.807, 2.05) is 0 Å². The van der Waals surface area contributed by atoms with Crippen LogP contribution in [-0.2, 0) is 0 Å². The third kappa shape index (κ3) is 4.11. The summed E-state index contributed by atoms with van der Waals surface area (Å²) in [7, 11) is 1.73. The molecule has 0 saturated carbocycles. The van der Waals surface area contributed by atoms with Crippen LogP contribution in [0.5, 0.6) is 0 Å². The van der Waals surface area contributed by atoms with E-state index in [2.05, 4.69) is 35.7 Å². The molecule has 152 valence electrons. The number of rotatable bonds is 6. The second kappa shape index (κ2) is 8.47. The SMILES string of the molecule is CN(C[C@@H]1N[C@H](CO)[C@H]1c1ccc(C2=CCCC2)cc1)C(=O)c1cccc(F)c1. The molecule has 4 rings (SSSR count). The molecule has 0 aromatic heterocycles. The highest BCUT2D eigenvalue weighted by Gasteiger charge is 2.41. The maximum Gasteiger partial charge on any atom is 0.253 e. The van der Waals surface area contributed by atoms with Crippen LogP contribution in [0.25, 0.3) is 5.57 Å². The van der Waals surface area contributed by atoms with E-state index in [1.165, 1.54) is 35.3 Å². The van der Waals surface area contributed by atoms with Gasteiger partial charge in [-0.2, -0.15) is 0 Å². The summed E-state index contributed by atoms with van der Waals surface area (Å²) in [4.78, 5) is 14.2. The maximum absolute atomic E-state index is 13.4. The lowest BCUT2D eigenvalue weighted by Gasteiger charge is -2.47. The molecule has 0 spiro atoms. The number of hydrogen-bond acceptors (Lipinski definition) is 3. The molecule has 29 heavy (non-hydrogen) atoms. The minimum absolute atomic E-state index is 0.0192. The molecule has 5 heteroatoms. The van der Waals surface area contributed by atoms with E-state index >= 15 is 0 Å². The number of carbonyl (C=O) groups excluding carboxylic acids is 1. The van der Waals surface area contributed by atoms with Crippen LogP contribution in [0.2, 0.25) is 0 Å². The van der Waals surface area contributed by atoms with Gasteiger partial charge in [0.1, 0.15) is 5.82 Å². The number of nitrogens with zero attached hydrogens (tertiary/aromatic N) is 1. The summed E-state index contributed by atoms with van der Waals surface area (Å²) in [5, 5.41) is 13.1. The summed E-state index contributed by atoms with van der Waals surface area (Å²) in [5.41, 5.74) is 4.20. The molecule has 3 atom stereocenters. The summed E-state index contributed by atoms with van der Waals surface area (Å²) < 4.78 is 13.4. The predicted molar refractivity (Wildman–Crippen MR) is 112 cm³/mol. The van der Waals surface area contributed by atoms with Gasteiger partial charge in [-0.3, -0.25) is 4.79 Å². The molecule has 2 aliphatic rings. The van der Waals surface area contributed by atoms with E-state index in [0.717, 1.165) is 12.8 Å². The molecule has 1 fully saturated rings. The smallest absolute Gasteiger partial charge is 0.253 e. The number of halogens is 1. The normalized spacial score (nSPS) is 23.4. The van der Waals surface area contributed by atoms with Crippen molar-refractivity contribution in [1.29, 1.82) is 0 Å². The van der Waals surface area contributed by atoms with E-state index < -0.39 is 5.82 Å². The number of amides is 1. The first-order valence-corrected chi connectivity index (χ1v) is 10.2. The molecular formula is C24H27FN2O2. The number of aliphatic hydroxyl groups is 1. The van der Waals surface area contributed by atoms with Gasteiger partial charge in [-0.25, -0.2) is 4.39 Å². The number of carbonyl (C=O) groups is 1. The third-order valence-electron chi connectivity index (χ3n) is 6.09. The van der Waals surface area contributed by atoms with Crippen LogP contribution < -0.4 is 5.32 Å². The zero-order chi connectivity index (χ0) is 20.4. The highest BCUT2D eigenvalue weighted by molar-refractivity contribution is 5.94. The number of nitrogens with one attached hydrogen (secondary N) is 1. The monoisotopic (exact) mass is 394 g/mol. The molecule has 0 radical (unpaired) electrons. The van der Waals surface area contributed by atoms with Crippen LogP contribution >= 0.6 is 0 Å². The van der Waals surface area contributed by atoms with Crippen LogP contribution in [-0.4, -0.2) is 48.2 Å². The average molecular weight is 394 g/mol. The zero-order valence-corrected chi connectivity index (χ0v) is 16.6. The lowest BCUT2D eigenvalue weighted by Crippen LogP contribution is -2.64. The topological polar surface area (TPSA) is 52.6 Å². The molecule has 2 aromatic rings. The van der Waals surface area contributed by atoms with Crippen molar-refractivity contribution in [3.8, 4) is 0 Å². The molecule has 0 unspecified atom stereocenters. The highest BCUT2D eigenvalue weighted by Crippen LogP contribution is 2.34. The van der Waals surface area contributed by atoms with E-state index in [9.17, 15) is 14.3 Å². The molecule has 4 nitrogen and oxygen atoms in total. The van der Waals surface area contributed by atoms with Crippen LogP contribution in [0.4, 0.5) is 4.39 Å². The fourth-order valence-electron chi connectivity index (χ4n) is 4.51. The minimum atomic E-state index is -0.415. The minimum Gasteiger partial charge on any atom is -0.395 e. The lowest BCUT2D eigenvalue weighted by atomic mass is 9.77. The Morgan fingerprint density at radius 2 is 2.00 bits per heavy atom. The molecule has 1 aliphatic carbocycles. The Hall–Kier alpha value is -2.50. The molecule has 1 heterocycles. The lowest BCUT2D eigenvalue weighted by molar-refractivity contribution is 0.0683. The van der Waals surface area contributed by atoms with Crippen molar-refractivity contribution in [2.45, 2.75) is 37.3 Å². The maximum atomic E-state index is 13.4. The first kappa shape index (κ1) is 19.8. The Morgan fingerprint density at radius 3 is 2.66 bits per heavy atom. The Bertz CT molecular complexity index is 909. The number of allylic oxidation sites excluding steroid dienone is 2. The second-order valence-corrected chi connectivity index (χ2v) is 8.03. The van der Waals surface area contributed by atoms with E-state index in [4.69, 9.17) is 0 Å². The number of likely N-dealkylation sites (N-methyl/N-ethyl adjacent to an activating group) is 1. The van der Waals surface area contributed by atoms with Crippen molar-refractivity contribution in [2.75, 3.05) is 20.2 Å². The molecule has 1 saturated heterocycles. The van der Waals surface area contributed by atoms with Crippen molar-refractivity contribution in [1.82, 2.24) is 10.2 Å². The quantitative estimate of drug-likeness (QED) is 0.787. The van der Waals surface area contributed by atoms with Gasteiger partial charge in [0.25, 0.3) is 5.91 Å². The zero-order valence-electron chi connectivity index (χ0n) is 16.6. The van der Waals surface area contributed by atoms with Crippen LogP contribution in [0.15, 0.2) is 54.6 Å². The molecule has 2 N–H and O–H groups in total. The van der Waals surface area contributed by atoms with E-state index in [1.54, 1.807) is 24.1 Å². The standard InChI is InChI=1S/C24H27FN2O2/c1-27(24(29)19-7-4-8-20(25)13-19)14-21-23(22(15-28)26-21)18-11-9-17(10-12-18)16-5-2-3-6-16/h4-5,7-13,21-23,26,28H,2-3,6,14-15H2,1H3/t21-,22+,23-/m0/s1. The van der Waals surface area contributed by atoms with Crippen LogP contribution in [0.3, 0.4) is 0 Å². The van der Waals surface area contributed by atoms with Crippen LogP contribution in [0, 0.1) is 5.82 Å². The van der Waals surface area contributed by atoms with Gasteiger partial charge in [-0.05, 0) is 54.2 Å². The summed E-state index contributed by atoms with van der Waals surface area (Å²) in [6.07, 6.45) is 5.83. The van der Waals surface area contributed by atoms with Gasteiger partial charge in [0.05, 0.1) is 6.61 Å². The predicted octanol–water partition coefficient (Wildman–Crippen LogP) is 3.58. The Balaban J connectivity index is 1.45. The number of hydrogen-bond donors (Lipinski definition) is 2. The molecule has 2 aromatic carbocycles. The molecule has 1 amide bonds. The summed E-state index contributed by atoms with van der Waals surface area (Å²) in [6.45, 7) is 0.541. The van der Waals surface area contributed by atoms with Crippen molar-refractivity contribution < 1.29 is 14.3 Å². The summed E-state index contributed by atoms with van der Waals surface area (Å²) >= 11 is 0. The summed E-state index contributed by atoms with van der Waals surface area (Å²) in [6, 6.07) is 14.4. The van der Waals surface area contributed by atoms with Gasteiger partial charge in [-0.1, -0.05) is 36.4 Å². The highest BCUT2D eigenvalue weighted by atomic mass is 19.1. The van der Waals surface area contributed by atoms with Gasteiger partial charge >= 0.3 is 0 Å². The number of aliphatic hydroxyl groups excluding tert-OH is 1. The molecule has 1 aliphatic heterocycles. The fourth-order valence-corrected chi connectivity index (χ4v) is 4.51. The first-order chi connectivity index (χ1) is 14.1. The largest absolute Gasteiger partial charge is 0.395 e. The summed E-state index contributed by atoms with van der Waals surface area (Å²) in [5.74, 6) is -0.489. The third-order valence-corrected chi connectivity index (χ3v) is 6.09. The van der Waals surface area contributed by atoms with Crippen LogP contribution in [0.1, 0.15) is 46.7 Å². The fraction of sp³-hybridized carbons (Fsp3) is 0.375. The first-order valence-electron chi connectivity index (χ1n) is 10.2. The Morgan fingerprint density at radius 1 is 1.21 bits per heavy atom. The van der Waals surface area contributed by atoms with Gasteiger partial charge in [-0.15, -0.1) is 0 Å². The Kier molecular flexibility index (Phi) is 5.79. The van der Waals surface area contributed by atoms with Gasteiger partial charge < -0.3 is 15.3 Å². The van der Waals surface area contributed by atoms with Crippen molar-refractivity contribution in [3.05, 3.63) is 77.1 Å². The molecular weight excluding hydrogens is 367 g/mol. The van der Waals surface area contributed by atoms with Crippen molar-refractivity contribution in [2.24, 2.45) is 0 Å². The van der Waals surface area contributed by atoms with Gasteiger partial charge in [0.15, 0.2) is 0 Å². The number of benzene rings is 2. The second-order valence-electron chi connectivity index (χ2n) is 8.03. The van der Waals surface area contributed by atoms with Crippen molar-refractivity contribution >= 4 is 11.5 Å². The van der Waals surface area contributed by atoms with E-state index in [0.29, 0.717) is 12.1 Å². The van der Waals surface area contributed by atoms with E-state index in [-0.39, 0.29) is 30.5 Å². The van der Waals surface area contributed by atoms with Gasteiger partial charge in [0.2, 0.25) is 0 Å².